The predicted octanol–water partition coefficient (Wildman–Crippen LogP) is 1.59. The van der Waals surface area contributed by atoms with Crippen LogP contribution in [0.2, 0.25) is 0 Å². The highest BCUT2D eigenvalue weighted by Crippen LogP contribution is 2.18. The smallest absolute Gasteiger partial charge is 0.264 e. The molecule has 1 unspecified atom stereocenters. The van der Waals surface area contributed by atoms with Crippen molar-refractivity contribution in [1.82, 2.24) is 9.80 Å². The fourth-order valence-electron chi connectivity index (χ4n) is 2.50. The Labute approximate surface area is 118 Å². The molecule has 1 atom stereocenters. The van der Waals surface area contributed by atoms with Crippen LogP contribution in [0.3, 0.4) is 0 Å². The summed E-state index contributed by atoms with van der Waals surface area (Å²) in [5, 5.41) is 9.31. The van der Waals surface area contributed by atoms with Gasteiger partial charge in [0.2, 0.25) is 0 Å². The molecule has 1 aliphatic heterocycles. The molecule has 0 saturated carbocycles. The van der Waals surface area contributed by atoms with Gasteiger partial charge in [0.25, 0.3) is 5.91 Å². The third kappa shape index (κ3) is 3.35. The number of aliphatic hydroxyl groups is 1. The number of carbonyl (C=O) groups excluding carboxylic acids is 1. The second kappa shape index (κ2) is 6.50. The largest absolute Gasteiger partial charge is 0.395 e. The standard InChI is InChI=1S/C14H22N2O2S/c1-3-12(10-17)15-6-8-16(9-7-15)14(18)13-5-4-11(2)19-13/h4-5,12,17H,3,6-10H2,1-2H3. The number of thiophene rings is 1. The van der Waals surface area contributed by atoms with Crippen molar-refractivity contribution >= 4 is 17.2 Å². The molecule has 1 aromatic rings. The molecule has 106 valence electrons. The molecule has 1 N–H and O–H groups in total. The van der Waals surface area contributed by atoms with E-state index in [0.29, 0.717) is 0 Å². The summed E-state index contributed by atoms with van der Waals surface area (Å²) in [4.78, 5) is 18.5. The number of rotatable bonds is 4. The number of aliphatic hydroxyl groups excluding tert-OH is 1. The van der Waals surface area contributed by atoms with Crippen LogP contribution < -0.4 is 0 Å². The third-order valence-electron chi connectivity index (χ3n) is 3.75. The number of aryl methyl sites for hydroxylation is 1. The Hall–Kier alpha value is -0.910. The number of piperazine rings is 1. The van der Waals surface area contributed by atoms with Gasteiger partial charge in [-0.2, -0.15) is 0 Å². The molecule has 2 heterocycles. The summed E-state index contributed by atoms with van der Waals surface area (Å²) in [6, 6.07) is 4.14. The van der Waals surface area contributed by atoms with E-state index in [1.54, 1.807) is 11.3 Å². The van der Waals surface area contributed by atoms with Crippen LogP contribution in [0.25, 0.3) is 0 Å². The van der Waals surface area contributed by atoms with E-state index < -0.39 is 0 Å². The van der Waals surface area contributed by atoms with Crippen LogP contribution in [0.1, 0.15) is 27.9 Å². The lowest BCUT2D eigenvalue weighted by Crippen LogP contribution is -2.52. The van der Waals surface area contributed by atoms with Gasteiger partial charge in [0.1, 0.15) is 0 Å². The Morgan fingerprint density at radius 1 is 1.37 bits per heavy atom. The third-order valence-corrected chi connectivity index (χ3v) is 4.74. The number of nitrogens with zero attached hydrogens (tertiary/aromatic N) is 2. The van der Waals surface area contributed by atoms with Gasteiger partial charge in [0.05, 0.1) is 11.5 Å². The number of hydrogen-bond acceptors (Lipinski definition) is 4. The van der Waals surface area contributed by atoms with Crippen molar-refractivity contribution in [3.05, 3.63) is 21.9 Å². The van der Waals surface area contributed by atoms with E-state index in [4.69, 9.17) is 0 Å². The number of hydrogen-bond donors (Lipinski definition) is 1. The normalized spacial score (nSPS) is 18.6. The van der Waals surface area contributed by atoms with Crippen LogP contribution in [-0.4, -0.2) is 59.6 Å². The average Bonchev–Trinajstić information content (AvgIpc) is 2.87. The lowest BCUT2D eigenvalue weighted by molar-refractivity contribution is 0.0476. The Morgan fingerprint density at radius 3 is 2.53 bits per heavy atom. The molecule has 5 heteroatoms. The van der Waals surface area contributed by atoms with Crippen LogP contribution in [-0.2, 0) is 0 Å². The summed E-state index contributed by atoms with van der Waals surface area (Å²) in [5.41, 5.74) is 0. The van der Waals surface area contributed by atoms with Crippen LogP contribution in [0.5, 0.6) is 0 Å². The second-order valence-corrected chi connectivity index (χ2v) is 6.27. The van der Waals surface area contributed by atoms with Gasteiger partial charge in [-0.3, -0.25) is 9.69 Å². The van der Waals surface area contributed by atoms with E-state index in [9.17, 15) is 9.90 Å². The summed E-state index contributed by atoms with van der Waals surface area (Å²) in [6.45, 7) is 7.54. The first-order valence-corrected chi connectivity index (χ1v) is 7.68. The molecule has 1 fully saturated rings. The highest BCUT2D eigenvalue weighted by molar-refractivity contribution is 7.13. The number of amides is 1. The number of carbonyl (C=O) groups is 1. The van der Waals surface area contributed by atoms with Crippen molar-refractivity contribution in [2.24, 2.45) is 0 Å². The topological polar surface area (TPSA) is 43.8 Å². The minimum atomic E-state index is 0.148. The molecule has 1 aromatic heterocycles. The summed E-state index contributed by atoms with van der Waals surface area (Å²) in [5.74, 6) is 0.148. The van der Waals surface area contributed by atoms with Crippen LogP contribution in [0.4, 0.5) is 0 Å². The van der Waals surface area contributed by atoms with Crippen molar-refractivity contribution in [3.8, 4) is 0 Å². The zero-order valence-electron chi connectivity index (χ0n) is 11.6. The molecule has 0 spiro atoms. The maximum atomic E-state index is 12.3. The average molecular weight is 282 g/mol. The van der Waals surface area contributed by atoms with E-state index in [-0.39, 0.29) is 18.6 Å². The molecule has 2 rings (SSSR count). The van der Waals surface area contributed by atoms with Gasteiger partial charge in [0, 0.05) is 37.1 Å². The van der Waals surface area contributed by atoms with Crippen molar-refractivity contribution < 1.29 is 9.90 Å². The quantitative estimate of drug-likeness (QED) is 0.912. The highest BCUT2D eigenvalue weighted by Gasteiger charge is 2.25. The maximum absolute atomic E-state index is 12.3. The lowest BCUT2D eigenvalue weighted by atomic mass is 10.1. The minimum absolute atomic E-state index is 0.148. The van der Waals surface area contributed by atoms with E-state index in [1.165, 1.54) is 4.88 Å². The van der Waals surface area contributed by atoms with E-state index in [2.05, 4.69) is 11.8 Å². The van der Waals surface area contributed by atoms with E-state index in [0.717, 1.165) is 37.5 Å². The summed E-state index contributed by atoms with van der Waals surface area (Å²) >= 11 is 1.56. The maximum Gasteiger partial charge on any atom is 0.264 e. The highest BCUT2D eigenvalue weighted by atomic mass is 32.1. The fourth-order valence-corrected chi connectivity index (χ4v) is 3.33. The first-order valence-electron chi connectivity index (χ1n) is 6.86. The van der Waals surface area contributed by atoms with Crippen molar-refractivity contribution in [1.29, 1.82) is 0 Å². The molecule has 0 aromatic carbocycles. The van der Waals surface area contributed by atoms with Crippen molar-refractivity contribution in [3.63, 3.8) is 0 Å². The van der Waals surface area contributed by atoms with Gasteiger partial charge in [-0.05, 0) is 25.5 Å². The van der Waals surface area contributed by atoms with Gasteiger partial charge in [-0.1, -0.05) is 6.92 Å². The summed E-state index contributed by atoms with van der Waals surface area (Å²) in [7, 11) is 0. The van der Waals surface area contributed by atoms with Gasteiger partial charge < -0.3 is 10.0 Å². The van der Waals surface area contributed by atoms with Crippen LogP contribution in [0.15, 0.2) is 12.1 Å². The molecule has 0 aliphatic carbocycles. The van der Waals surface area contributed by atoms with Crippen molar-refractivity contribution in [2.45, 2.75) is 26.3 Å². The molecule has 0 bridgehead atoms. The molecular weight excluding hydrogens is 260 g/mol. The monoisotopic (exact) mass is 282 g/mol. The van der Waals surface area contributed by atoms with Crippen LogP contribution in [0, 0.1) is 6.92 Å². The zero-order valence-corrected chi connectivity index (χ0v) is 12.4. The van der Waals surface area contributed by atoms with Gasteiger partial charge in [-0.25, -0.2) is 0 Å². The Morgan fingerprint density at radius 2 is 2.05 bits per heavy atom. The fraction of sp³-hybridized carbons (Fsp3) is 0.643. The molecule has 1 aliphatic rings. The van der Waals surface area contributed by atoms with E-state index >= 15 is 0 Å². The van der Waals surface area contributed by atoms with Crippen LogP contribution >= 0.6 is 11.3 Å². The molecule has 1 saturated heterocycles. The first kappa shape index (κ1) is 14.5. The summed E-state index contributed by atoms with van der Waals surface area (Å²) in [6.07, 6.45) is 0.953. The van der Waals surface area contributed by atoms with Crippen molar-refractivity contribution in [2.75, 3.05) is 32.8 Å². The Balaban J connectivity index is 1.91. The SMILES string of the molecule is CCC(CO)N1CCN(C(=O)c2ccc(C)s2)CC1. The minimum Gasteiger partial charge on any atom is -0.395 e. The predicted molar refractivity (Wildman–Crippen MR) is 77.7 cm³/mol. The molecule has 1 amide bonds. The molecule has 4 nitrogen and oxygen atoms in total. The molecule has 19 heavy (non-hydrogen) atoms. The Kier molecular flexibility index (Phi) is 4.96. The van der Waals surface area contributed by atoms with Gasteiger partial charge in [-0.15, -0.1) is 11.3 Å². The first-order chi connectivity index (χ1) is 9.15. The summed E-state index contributed by atoms with van der Waals surface area (Å²) < 4.78 is 0. The zero-order chi connectivity index (χ0) is 13.8. The van der Waals surface area contributed by atoms with Gasteiger partial charge in [0.15, 0.2) is 0 Å². The Bertz CT molecular complexity index is 421. The molecular formula is C14H22N2O2S. The second-order valence-electron chi connectivity index (χ2n) is 4.98. The molecule has 0 radical (unpaired) electrons. The van der Waals surface area contributed by atoms with E-state index in [1.807, 2.05) is 24.0 Å². The van der Waals surface area contributed by atoms with Gasteiger partial charge >= 0.3 is 0 Å². The lowest BCUT2D eigenvalue weighted by Gasteiger charge is -2.38.